The number of amides is 1. The average molecular weight is 368 g/mol. The van der Waals surface area contributed by atoms with Gasteiger partial charge in [0.15, 0.2) is 0 Å². The molecule has 0 aliphatic heterocycles. The van der Waals surface area contributed by atoms with Gasteiger partial charge in [-0.25, -0.2) is 17.2 Å². The summed E-state index contributed by atoms with van der Waals surface area (Å²) in [6.45, 7) is 1.67. The van der Waals surface area contributed by atoms with Crippen molar-refractivity contribution < 1.29 is 22.0 Å². The Morgan fingerprint density at radius 1 is 1.16 bits per heavy atom. The Balaban J connectivity index is 2.17. The first kappa shape index (κ1) is 18.9. The second kappa shape index (κ2) is 7.60. The molecule has 25 heavy (non-hydrogen) atoms. The fourth-order valence-electron chi connectivity index (χ4n) is 2.34. The molecule has 8 heteroatoms. The highest BCUT2D eigenvalue weighted by atomic mass is 32.2. The summed E-state index contributed by atoms with van der Waals surface area (Å²) in [4.78, 5) is 12.4. The van der Waals surface area contributed by atoms with E-state index >= 15 is 0 Å². The molecule has 2 N–H and O–H groups in total. The SMILES string of the molecule is C[C@H](Cc1ccccc1F)NC(=O)c1cc(F)ccc1NS(C)(=O)=O. The van der Waals surface area contributed by atoms with Crippen LogP contribution in [0.1, 0.15) is 22.8 Å². The molecule has 0 saturated carbocycles. The van der Waals surface area contributed by atoms with Crippen LogP contribution in [-0.2, 0) is 16.4 Å². The van der Waals surface area contributed by atoms with Crippen LogP contribution in [0.3, 0.4) is 0 Å². The Hall–Kier alpha value is -2.48. The van der Waals surface area contributed by atoms with E-state index in [2.05, 4.69) is 10.0 Å². The van der Waals surface area contributed by atoms with E-state index < -0.39 is 27.8 Å². The molecule has 0 aromatic heterocycles. The second-order valence-corrected chi connectivity index (χ2v) is 7.48. The minimum Gasteiger partial charge on any atom is -0.349 e. The van der Waals surface area contributed by atoms with Crippen molar-refractivity contribution in [3.05, 3.63) is 65.2 Å². The van der Waals surface area contributed by atoms with Crippen LogP contribution < -0.4 is 10.0 Å². The van der Waals surface area contributed by atoms with Crippen LogP contribution >= 0.6 is 0 Å². The molecule has 2 rings (SSSR count). The van der Waals surface area contributed by atoms with Crippen LogP contribution in [0.5, 0.6) is 0 Å². The minimum absolute atomic E-state index is 0.0282. The lowest BCUT2D eigenvalue weighted by Crippen LogP contribution is -2.35. The number of carbonyl (C=O) groups excluding carboxylic acids is 1. The van der Waals surface area contributed by atoms with Gasteiger partial charge >= 0.3 is 0 Å². The number of hydrogen-bond donors (Lipinski definition) is 2. The monoisotopic (exact) mass is 368 g/mol. The molecule has 0 aliphatic rings. The first-order valence-corrected chi connectivity index (χ1v) is 9.36. The van der Waals surface area contributed by atoms with E-state index in [1.165, 1.54) is 12.1 Å². The molecule has 0 saturated heterocycles. The maximum Gasteiger partial charge on any atom is 0.253 e. The Bertz CT molecular complexity index is 885. The summed E-state index contributed by atoms with van der Waals surface area (Å²) in [5.74, 6) is -1.71. The van der Waals surface area contributed by atoms with E-state index in [0.717, 1.165) is 18.4 Å². The molecule has 0 bridgehead atoms. The van der Waals surface area contributed by atoms with E-state index in [1.54, 1.807) is 25.1 Å². The Kier molecular flexibility index (Phi) is 5.73. The Morgan fingerprint density at radius 2 is 1.84 bits per heavy atom. The predicted octanol–water partition coefficient (Wildman–Crippen LogP) is 2.70. The number of halogens is 2. The average Bonchev–Trinajstić information content (AvgIpc) is 2.50. The fourth-order valence-corrected chi connectivity index (χ4v) is 2.92. The molecular formula is C17H18F2N2O3S. The summed E-state index contributed by atoms with van der Waals surface area (Å²) in [6.07, 6.45) is 1.17. The third-order valence-corrected chi connectivity index (χ3v) is 3.97. The van der Waals surface area contributed by atoms with Crippen LogP contribution in [0.15, 0.2) is 42.5 Å². The van der Waals surface area contributed by atoms with Gasteiger partial charge in [0.2, 0.25) is 10.0 Å². The molecular weight excluding hydrogens is 350 g/mol. The van der Waals surface area contributed by atoms with Gasteiger partial charge in [0.1, 0.15) is 11.6 Å². The highest BCUT2D eigenvalue weighted by Gasteiger charge is 2.18. The highest BCUT2D eigenvalue weighted by molar-refractivity contribution is 7.92. The highest BCUT2D eigenvalue weighted by Crippen LogP contribution is 2.19. The summed E-state index contributed by atoms with van der Waals surface area (Å²) < 4.78 is 52.1. The lowest BCUT2D eigenvalue weighted by molar-refractivity contribution is 0.0940. The third-order valence-electron chi connectivity index (χ3n) is 3.38. The van der Waals surface area contributed by atoms with Gasteiger partial charge in [-0.15, -0.1) is 0 Å². The van der Waals surface area contributed by atoms with Crippen molar-refractivity contribution in [3.63, 3.8) is 0 Å². The fraction of sp³-hybridized carbons (Fsp3) is 0.235. The lowest BCUT2D eigenvalue weighted by Gasteiger charge is -2.16. The van der Waals surface area contributed by atoms with Crippen molar-refractivity contribution >= 4 is 21.6 Å². The quantitative estimate of drug-likeness (QED) is 0.823. The van der Waals surface area contributed by atoms with Crippen molar-refractivity contribution in [2.24, 2.45) is 0 Å². The third kappa shape index (κ3) is 5.53. The van der Waals surface area contributed by atoms with Crippen LogP contribution in [-0.4, -0.2) is 26.6 Å². The van der Waals surface area contributed by atoms with Crippen LogP contribution in [0.25, 0.3) is 0 Å². The first-order chi connectivity index (χ1) is 11.7. The van der Waals surface area contributed by atoms with Crippen molar-refractivity contribution in [1.82, 2.24) is 5.32 Å². The Morgan fingerprint density at radius 3 is 2.48 bits per heavy atom. The number of nitrogens with one attached hydrogen (secondary N) is 2. The minimum atomic E-state index is -3.63. The zero-order chi connectivity index (χ0) is 18.6. The van der Waals surface area contributed by atoms with Crippen molar-refractivity contribution in [3.8, 4) is 0 Å². The molecule has 5 nitrogen and oxygen atoms in total. The van der Waals surface area contributed by atoms with Crippen LogP contribution in [0.4, 0.5) is 14.5 Å². The molecule has 0 aliphatic carbocycles. The number of carbonyl (C=O) groups is 1. The van der Waals surface area contributed by atoms with E-state index in [4.69, 9.17) is 0 Å². The topological polar surface area (TPSA) is 75.3 Å². The van der Waals surface area contributed by atoms with Gasteiger partial charge in [0.25, 0.3) is 5.91 Å². The molecule has 2 aromatic carbocycles. The van der Waals surface area contributed by atoms with E-state index in [0.29, 0.717) is 5.56 Å². The van der Waals surface area contributed by atoms with Gasteiger partial charge in [0.05, 0.1) is 17.5 Å². The predicted molar refractivity (Wildman–Crippen MR) is 91.9 cm³/mol. The molecule has 2 aromatic rings. The molecule has 1 atom stereocenters. The van der Waals surface area contributed by atoms with Gasteiger partial charge in [-0.3, -0.25) is 9.52 Å². The zero-order valence-electron chi connectivity index (χ0n) is 13.7. The van der Waals surface area contributed by atoms with Crippen LogP contribution in [0, 0.1) is 11.6 Å². The lowest BCUT2D eigenvalue weighted by atomic mass is 10.1. The first-order valence-electron chi connectivity index (χ1n) is 7.47. The van der Waals surface area contributed by atoms with E-state index in [9.17, 15) is 22.0 Å². The van der Waals surface area contributed by atoms with Crippen molar-refractivity contribution in [2.45, 2.75) is 19.4 Å². The van der Waals surface area contributed by atoms with E-state index in [-0.39, 0.29) is 23.5 Å². The zero-order valence-corrected chi connectivity index (χ0v) is 14.5. The molecule has 0 heterocycles. The maximum absolute atomic E-state index is 13.7. The molecule has 0 spiro atoms. The number of benzene rings is 2. The van der Waals surface area contributed by atoms with Gasteiger partial charge in [-0.2, -0.15) is 0 Å². The Labute approximate surface area is 145 Å². The van der Waals surface area contributed by atoms with Gasteiger partial charge in [-0.1, -0.05) is 18.2 Å². The van der Waals surface area contributed by atoms with Gasteiger partial charge in [-0.05, 0) is 43.2 Å². The van der Waals surface area contributed by atoms with E-state index in [1.807, 2.05) is 0 Å². The number of sulfonamides is 1. The van der Waals surface area contributed by atoms with Crippen molar-refractivity contribution in [1.29, 1.82) is 0 Å². The molecule has 0 fully saturated rings. The number of anilines is 1. The summed E-state index contributed by atoms with van der Waals surface area (Å²) >= 11 is 0. The number of hydrogen-bond acceptors (Lipinski definition) is 3. The summed E-state index contributed by atoms with van der Waals surface area (Å²) in [7, 11) is -3.63. The molecule has 1 amide bonds. The molecule has 134 valence electrons. The van der Waals surface area contributed by atoms with Crippen molar-refractivity contribution in [2.75, 3.05) is 11.0 Å². The summed E-state index contributed by atoms with van der Waals surface area (Å²) in [5, 5.41) is 2.62. The molecule has 0 radical (unpaired) electrons. The van der Waals surface area contributed by atoms with Gasteiger partial charge < -0.3 is 5.32 Å². The summed E-state index contributed by atoms with van der Waals surface area (Å²) in [6, 6.07) is 8.91. The number of rotatable bonds is 6. The largest absolute Gasteiger partial charge is 0.349 e. The molecule has 0 unspecified atom stereocenters. The van der Waals surface area contributed by atoms with Gasteiger partial charge in [0, 0.05) is 6.04 Å². The smallest absolute Gasteiger partial charge is 0.253 e. The normalized spacial score (nSPS) is 12.5. The summed E-state index contributed by atoms with van der Waals surface area (Å²) in [5.41, 5.74) is 0.259. The van der Waals surface area contributed by atoms with Crippen LogP contribution in [0.2, 0.25) is 0 Å². The maximum atomic E-state index is 13.7. The second-order valence-electron chi connectivity index (χ2n) is 5.73. The standard InChI is InChI=1S/C17H18F2N2O3S/c1-11(9-12-5-3-4-6-15(12)19)20-17(22)14-10-13(18)7-8-16(14)21-25(2,23)24/h3-8,10-11,21H,9H2,1-2H3,(H,20,22)/t11-/m1/s1.